The molecule has 0 spiro atoms. The average Bonchev–Trinajstić information content (AvgIpc) is 0.805. The summed E-state index contributed by atoms with van der Waals surface area (Å²) < 4.78 is 11.2. The summed E-state index contributed by atoms with van der Waals surface area (Å²) >= 11 is 0. The highest BCUT2D eigenvalue weighted by atomic mass is 16.5. The number of aromatic hydroxyl groups is 4. The fourth-order valence-electron chi connectivity index (χ4n) is 12.6. The minimum Gasteiger partial charge on any atom is -0.624 e. The van der Waals surface area contributed by atoms with E-state index in [2.05, 4.69) is 110 Å². The van der Waals surface area contributed by atoms with Gasteiger partial charge < -0.3 is 35.1 Å². The Labute approximate surface area is 661 Å². The number of allylic oxidation sites excluding steroid dienone is 10. The molecule has 0 saturated heterocycles. The maximum absolute atomic E-state index is 13.3. The number of nitrogens with zero attached hydrogens (tertiary/aromatic N) is 3. The molecule has 0 aromatic heterocycles. The van der Waals surface area contributed by atoms with Gasteiger partial charge in [0.15, 0.2) is 37.5 Å². The number of hydrogen-bond acceptors (Lipinski definition) is 15. The third kappa shape index (κ3) is 25.4. The molecule has 0 heterocycles. The molecule has 0 saturated carbocycles. The van der Waals surface area contributed by atoms with E-state index in [9.17, 15) is 55.2 Å². The first-order valence-corrected chi connectivity index (χ1v) is 38.6. The van der Waals surface area contributed by atoms with Gasteiger partial charge in [0.05, 0.1) is 24.2 Å². The molecule has 0 atom stereocenters. The Hall–Kier alpha value is -8.21. The first-order valence-electron chi connectivity index (χ1n) is 38.6. The zero-order valence-corrected chi connectivity index (χ0v) is 74.1. The van der Waals surface area contributed by atoms with Gasteiger partial charge in [-0.1, -0.05) is 261 Å². The molecule has 0 bridgehead atoms. The number of rotatable bonds is 13. The number of benzene rings is 4. The largest absolute Gasteiger partial charge is 0.624 e. The Balaban J connectivity index is 0.000000351. The molecule has 0 amide bonds. The molecule has 6 rings (SSSR count). The highest BCUT2D eigenvalue weighted by molar-refractivity contribution is 6.13. The van der Waals surface area contributed by atoms with Crippen LogP contribution in [-0.2, 0) is 75.5 Å². The monoisotopic (exact) mass is 1520 g/mol. The van der Waals surface area contributed by atoms with Crippen LogP contribution >= 0.6 is 0 Å². The fraction of sp³-hybridized carbons (Fsp3) is 0.564. The highest BCUT2D eigenvalue weighted by Crippen LogP contribution is 2.46. The Morgan fingerprint density at radius 1 is 0.391 bits per heavy atom. The number of esters is 2. The first-order chi connectivity index (χ1) is 49.2. The van der Waals surface area contributed by atoms with Crippen LogP contribution in [0.25, 0.3) is 0 Å². The van der Waals surface area contributed by atoms with Gasteiger partial charge in [0.1, 0.15) is 23.0 Å². The van der Waals surface area contributed by atoms with Crippen molar-refractivity contribution >= 4 is 29.7 Å². The van der Waals surface area contributed by atoms with E-state index in [0.29, 0.717) is 55.0 Å². The van der Waals surface area contributed by atoms with Gasteiger partial charge in [0, 0.05) is 62.5 Å². The molecular weight excluding hydrogens is 1380 g/mol. The molecule has 4 aromatic rings. The van der Waals surface area contributed by atoms with Crippen molar-refractivity contribution in [3.8, 4) is 23.0 Å². The number of carbonyl (C=O) groups excluding carboxylic acids is 4. The van der Waals surface area contributed by atoms with Crippen LogP contribution in [0.4, 0.5) is 0 Å². The second kappa shape index (κ2) is 33.6. The van der Waals surface area contributed by atoms with Crippen LogP contribution in [0.15, 0.2) is 119 Å². The summed E-state index contributed by atoms with van der Waals surface area (Å²) in [6.07, 6.45) is 12.0. The van der Waals surface area contributed by atoms with Gasteiger partial charge in [-0.15, -0.1) is 0 Å². The second-order valence-corrected chi connectivity index (χ2v) is 42.3. The molecule has 0 fully saturated rings. The summed E-state index contributed by atoms with van der Waals surface area (Å²) in [5, 5.41) is 80.1. The van der Waals surface area contributed by atoms with E-state index in [1.54, 1.807) is 30.5 Å². The molecule has 0 radical (unpaired) electrons. The number of phenolic OH excluding ortho intramolecular Hbond substituents is 4. The Kier molecular flexibility index (Phi) is 28.8. The maximum Gasteiger partial charge on any atom is 0.338 e. The zero-order chi connectivity index (χ0) is 85.3. The summed E-state index contributed by atoms with van der Waals surface area (Å²) in [6.45, 7) is 72.9. The number of hydrogen-bond donors (Lipinski definition) is 6. The maximum atomic E-state index is 13.3. The predicted molar refractivity (Wildman–Crippen MR) is 448 cm³/mol. The molecule has 110 heavy (non-hydrogen) atoms. The number of ketones is 2. The summed E-state index contributed by atoms with van der Waals surface area (Å²) in [6, 6.07) is 14.5. The minimum atomic E-state index is -0.612. The van der Waals surface area contributed by atoms with Crippen LogP contribution in [0.5, 0.6) is 23.0 Å². The van der Waals surface area contributed by atoms with Crippen molar-refractivity contribution in [1.29, 1.82) is 0 Å². The fourth-order valence-corrected chi connectivity index (χ4v) is 12.6. The molecule has 2 aliphatic carbocycles. The van der Waals surface area contributed by atoms with Crippen LogP contribution in [0.3, 0.4) is 0 Å². The Bertz CT molecular complexity index is 4160. The highest BCUT2D eigenvalue weighted by Gasteiger charge is 2.37. The van der Waals surface area contributed by atoms with Gasteiger partial charge in [-0.3, -0.25) is 30.1 Å². The van der Waals surface area contributed by atoms with Crippen molar-refractivity contribution in [2.24, 2.45) is 21.7 Å². The number of phenols is 4. The average molecular weight is 1520 g/mol. The summed E-state index contributed by atoms with van der Waals surface area (Å²) in [5.41, 5.74) is 9.33. The summed E-state index contributed by atoms with van der Waals surface area (Å²) in [7, 11) is 0. The number of hydroxylamine groups is 5. The molecule has 4 aromatic carbocycles. The van der Waals surface area contributed by atoms with E-state index in [1.165, 1.54) is 11.3 Å². The lowest BCUT2D eigenvalue weighted by molar-refractivity contribution is -0.457. The van der Waals surface area contributed by atoms with Crippen molar-refractivity contribution in [3.63, 3.8) is 0 Å². The Morgan fingerprint density at radius 2 is 0.727 bits per heavy atom. The van der Waals surface area contributed by atoms with Crippen molar-refractivity contribution in [2.75, 3.05) is 19.8 Å². The van der Waals surface area contributed by atoms with Gasteiger partial charge in [0.2, 0.25) is 0 Å². The summed E-state index contributed by atoms with van der Waals surface area (Å²) in [5.74, 6) is -0.372. The molecule has 0 unspecified atom stereocenters. The predicted octanol–water partition coefficient (Wildman–Crippen LogP) is 22.1. The quantitative estimate of drug-likeness (QED) is 0.0182. The Morgan fingerprint density at radius 3 is 1.07 bits per heavy atom. The SMILES string of the molecule is CC(C)(C)C1=CC(=CN(O)Cc2cc(C(C)(C)C)c(O)c(C(C)(C)C)c2)C=C(C(C)(C)C)C1=O.CC(C)(C)C1=CC(=CN(O)Cc2cc(C(C)(C)C)cc(C(C)(C)C)c2O)C(=O)C(C(C)(C)C)=C1.CC(C)(C)c1cc(C(=O)OC/C=[N+](\[O-])CCOC(=O)c2cc(C(C)(C)C)c(O)c(C(C)(C)C)c2)cc(C(C)(C)C)c1O. The molecule has 0 aliphatic heterocycles. The van der Waals surface area contributed by atoms with Crippen molar-refractivity contribution in [1.82, 2.24) is 10.1 Å². The summed E-state index contributed by atoms with van der Waals surface area (Å²) in [4.78, 5) is 52.2. The second-order valence-electron chi connectivity index (χ2n) is 42.3. The van der Waals surface area contributed by atoms with Crippen molar-refractivity contribution in [2.45, 2.75) is 306 Å². The van der Waals surface area contributed by atoms with Gasteiger partial charge >= 0.3 is 11.9 Å². The van der Waals surface area contributed by atoms with Crippen molar-refractivity contribution < 1.29 is 64.2 Å². The smallest absolute Gasteiger partial charge is 0.338 e. The third-order valence-electron chi connectivity index (χ3n) is 19.4. The van der Waals surface area contributed by atoms with E-state index in [1.807, 2.05) is 188 Å². The van der Waals surface area contributed by atoms with Crippen LogP contribution in [-0.4, -0.2) is 95.2 Å². The van der Waals surface area contributed by atoms with Crippen LogP contribution in [0.1, 0.15) is 326 Å². The van der Waals surface area contributed by atoms with E-state index < -0.39 is 33.6 Å². The van der Waals surface area contributed by atoms with E-state index in [-0.39, 0.29) is 105 Å². The van der Waals surface area contributed by atoms with Gasteiger partial charge in [-0.05, 0) is 165 Å². The lowest BCUT2D eigenvalue weighted by Crippen LogP contribution is -2.28. The molecule has 608 valence electrons. The van der Waals surface area contributed by atoms with Crippen molar-refractivity contribution in [3.05, 3.63) is 191 Å². The van der Waals surface area contributed by atoms with Gasteiger partial charge in [-0.25, -0.2) is 14.3 Å². The lowest BCUT2D eigenvalue weighted by Gasteiger charge is -2.31. The van der Waals surface area contributed by atoms with Gasteiger partial charge in [-0.2, -0.15) is 0 Å². The first kappa shape index (κ1) is 94.2. The topological polar surface area (TPSA) is 241 Å². The van der Waals surface area contributed by atoms with E-state index >= 15 is 0 Å². The van der Waals surface area contributed by atoms with Crippen LogP contribution < -0.4 is 0 Å². The van der Waals surface area contributed by atoms with Gasteiger partial charge in [0.25, 0.3) is 0 Å². The van der Waals surface area contributed by atoms with E-state index in [4.69, 9.17) is 9.47 Å². The number of Topliss-reactive ketones (excluding diaryl/α,β-unsaturated/α-hetero) is 2. The molecule has 2 aliphatic rings. The molecule has 16 nitrogen and oxygen atoms in total. The number of carbonyl (C=O) groups is 4. The third-order valence-corrected chi connectivity index (χ3v) is 19.4. The van der Waals surface area contributed by atoms with Crippen LogP contribution in [0, 0.1) is 26.9 Å². The lowest BCUT2D eigenvalue weighted by atomic mass is 9.72. The number of ether oxygens (including phenoxy) is 2. The van der Waals surface area contributed by atoms with E-state index in [0.717, 1.165) is 67.0 Å². The normalized spacial score (nSPS) is 15.2. The van der Waals surface area contributed by atoms with Crippen LogP contribution in [0.2, 0.25) is 0 Å². The molecule has 16 heteroatoms. The minimum absolute atomic E-state index is 0.0723. The molecular formula is C94H139N3O13. The molecule has 6 N–H and O–H groups in total. The zero-order valence-electron chi connectivity index (χ0n) is 74.1. The standard InChI is InChI=1S/C34H49NO7.2C30H45NO3/c1-31(2,3)23-17-21(18-24(27(23)36)32(4,5)6)29(38)41-15-13-35(40)14-16-42-30(39)22-19-25(33(7,8)9)28(37)26(20-22)34(10,11)12;1-27(2,3)21-13-19(25(32)23(15-21)29(7,8)9)17-31(34)18-20-14-22(28(4,5)6)16-24(26(20)33)30(10,11)12;1-27(2,3)21-13-19(14-22(25(21)32)28(4,5)6)17-31(34)18-20-15-23(29(7,8)9)26(33)24(16-20)30(10,11)12/h13,17-20,36-37H,14-16H2,1-12H3;2*13-17,33-34H,18H2,1-12H3/b35-13-;;.